The van der Waals surface area contributed by atoms with Gasteiger partial charge in [0.25, 0.3) is 0 Å². The molecule has 4 heteroatoms. The lowest BCUT2D eigenvalue weighted by Crippen LogP contribution is -2.38. The molecule has 0 saturated heterocycles. The molecule has 2 aromatic rings. The minimum atomic E-state index is -4.32. The highest BCUT2D eigenvalue weighted by Crippen LogP contribution is 2.39. The quantitative estimate of drug-likeness (QED) is 0.845. The van der Waals surface area contributed by atoms with Gasteiger partial charge in [-0.2, -0.15) is 13.2 Å². The van der Waals surface area contributed by atoms with Gasteiger partial charge in [0.2, 0.25) is 0 Å². The van der Waals surface area contributed by atoms with Crippen LogP contribution in [0.5, 0.6) is 0 Å². The fourth-order valence-corrected chi connectivity index (χ4v) is 3.23. The Balaban J connectivity index is 1.99. The first-order valence-corrected chi connectivity index (χ1v) is 6.84. The molecule has 3 rings (SSSR count). The van der Waals surface area contributed by atoms with Crippen molar-refractivity contribution in [1.29, 1.82) is 0 Å². The van der Waals surface area contributed by atoms with E-state index < -0.39 is 17.3 Å². The van der Waals surface area contributed by atoms with Crippen LogP contribution in [0.2, 0.25) is 0 Å². The van der Waals surface area contributed by atoms with E-state index in [9.17, 15) is 13.2 Å². The number of hydrogen-bond acceptors (Lipinski definition) is 1. The van der Waals surface area contributed by atoms with Gasteiger partial charge in [-0.15, -0.1) is 0 Å². The van der Waals surface area contributed by atoms with E-state index in [1.165, 1.54) is 23.3 Å². The van der Waals surface area contributed by atoms with Crippen LogP contribution in [0.4, 0.5) is 13.2 Å². The van der Waals surface area contributed by atoms with Gasteiger partial charge in [0.15, 0.2) is 0 Å². The van der Waals surface area contributed by atoms with Crippen molar-refractivity contribution in [3.8, 4) is 0 Å². The highest BCUT2D eigenvalue weighted by Gasteiger charge is 2.37. The molecule has 0 saturated carbocycles. The zero-order valence-corrected chi connectivity index (χ0v) is 11.7. The average molecular weight is 291 g/mol. The molecule has 0 heterocycles. The fourth-order valence-electron chi connectivity index (χ4n) is 3.23. The average Bonchev–Trinajstić information content (AvgIpc) is 2.74. The van der Waals surface area contributed by atoms with E-state index in [2.05, 4.69) is 0 Å². The SMILES string of the molecule is Cc1cc(C(F)(F)F)ccc1C1(N)Cc2ccccc2C1. The topological polar surface area (TPSA) is 26.0 Å². The Hall–Kier alpha value is -1.81. The smallest absolute Gasteiger partial charge is 0.321 e. The van der Waals surface area contributed by atoms with Crippen molar-refractivity contribution < 1.29 is 13.2 Å². The van der Waals surface area contributed by atoms with Gasteiger partial charge in [-0.3, -0.25) is 0 Å². The number of benzene rings is 2. The molecule has 1 aliphatic rings. The van der Waals surface area contributed by atoms with E-state index in [0.29, 0.717) is 18.4 Å². The molecule has 0 spiro atoms. The van der Waals surface area contributed by atoms with Gasteiger partial charge in [0.05, 0.1) is 5.56 Å². The second-order valence-electron chi connectivity index (χ2n) is 5.81. The third-order valence-corrected chi connectivity index (χ3v) is 4.22. The summed E-state index contributed by atoms with van der Waals surface area (Å²) in [5.41, 5.74) is 9.03. The molecule has 0 unspecified atom stereocenters. The van der Waals surface area contributed by atoms with Crippen LogP contribution in [0, 0.1) is 6.92 Å². The Bertz CT molecular complexity index is 664. The zero-order chi connectivity index (χ0) is 15.3. The van der Waals surface area contributed by atoms with E-state index in [4.69, 9.17) is 5.73 Å². The van der Waals surface area contributed by atoms with Gasteiger partial charge in [-0.1, -0.05) is 30.3 Å². The second-order valence-corrected chi connectivity index (χ2v) is 5.81. The third-order valence-electron chi connectivity index (χ3n) is 4.22. The van der Waals surface area contributed by atoms with E-state index in [1.54, 1.807) is 6.92 Å². The van der Waals surface area contributed by atoms with Gasteiger partial charge in [-0.25, -0.2) is 0 Å². The van der Waals surface area contributed by atoms with Crippen LogP contribution in [0.15, 0.2) is 42.5 Å². The first-order chi connectivity index (χ1) is 9.79. The maximum absolute atomic E-state index is 12.8. The lowest BCUT2D eigenvalue weighted by atomic mass is 9.84. The van der Waals surface area contributed by atoms with Crippen molar-refractivity contribution in [2.75, 3.05) is 0 Å². The maximum Gasteiger partial charge on any atom is 0.416 e. The van der Waals surface area contributed by atoms with Crippen LogP contribution < -0.4 is 5.73 Å². The van der Waals surface area contributed by atoms with E-state index in [1.807, 2.05) is 24.3 Å². The molecular weight excluding hydrogens is 275 g/mol. The molecule has 1 nitrogen and oxygen atoms in total. The standard InChI is InChI=1S/C17H16F3N/c1-11-8-14(17(18,19)20)6-7-15(11)16(21)9-12-4-2-3-5-13(12)10-16/h2-8H,9-10,21H2,1H3. The number of alkyl halides is 3. The molecule has 2 N–H and O–H groups in total. The Morgan fingerprint density at radius 1 is 1.00 bits per heavy atom. The molecule has 0 aromatic heterocycles. The van der Waals surface area contributed by atoms with Crippen LogP contribution in [-0.4, -0.2) is 0 Å². The van der Waals surface area contributed by atoms with Crippen LogP contribution in [-0.2, 0) is 24.6 Å². The highest BCUT2D eigenvalue weighted by molar-refractivity contribution is 5.45. The molecule has 2 aromatic carbocycles. The lowest BCUT2D eigenvalue weighted by molar-refractivity contribution is -0.137. The number of hydrogen-bond donors (Lipinski definition) is 1. The minimum Gasteiger partial charge on any atom is -0.321 e. The Labute approximate surface area is 121 Å². The molecule has 0 bridgehead atoms. The van der Waals surface area contributed by atoms with Gasteiger partial charge in [-0.05, 0) is 54.2 Å². The van der Waals surface area contributed by atoms with Crippen LogP contribution in [0.3, 0.4) is 0 Å². The summed E-state index contributed by atoms with van der Waals surface area (Å²) in [6.45, 7) is 1.70. The van der Waals surface area contributed by atoms with E-state index >= 15 is 0 Å². The Kier molecular flexibility index (Phi) is 3.10. The normalized spacial score (nSPS) is 16.8. The molecule has 0 aliphatic heterocycles. The van der Waals surface area contributed by atoms with E-state index in [-0.39, 0.29) is 0 Å². The summed E-state index contributed by atoms with van der Waals surface area (Å²) in [5, 5.41) is 0. The van der Waals surface area contributed by atoms with Crippen LogP contribution in [0.25, 0.3) is 0 Å². The number of nitrogens with two attached hydrogens (primary N) is 1. The van der Waals surface area contributed by atoms with Crippen molar-refractivity contribution in [1.82, 2.24) is 0 Å². The fraction of sp³-hybridized carbons (Fsp3) is 0.294. The largest absolute Gasteiger partial charge is 0.416 e. The second kappa shape index (κ2) is 4.60. The molecule has 0 amide bonds. The van der Waals surface area contributed by atoms with Crippen molar-refractivity contribution in [2.24, 2.45) is 5.73 Å². The third kappa shape index (κ3) is 2.44. The van der Waals surface area contributed by atoms with Crippen molar-refractivity contribution >= 4 is 0 Å². The predicted molar refractivity (Wildman–Crippen MR) is 75.9 cm³/mol. The van der Waals surface area contributed by atoms with Crippen LogP contribution >= 0.6 is 0 Å². The monoisotopic (exact) mass is 291 g/mol. The van der Waals surface area contributed by atoms with Crippen molar-refractivity contribution in [2.45, 2.75) is 31.5 Å². The van der Waals surface area contributed by atoms with E-state index in [0.717, 1.165) is 11.6 Å². The number of aryl methyl sites for hydroxylation is 1. The number of rotatable bonds is 1. The number of fused-ring (bicyclic) bond motifs is 1. The summed E-state index contributed by atoms with van der Waals surface area (Å²) in [6.07, 6.45) is -2.99. The van der Waals surface area contributed by atoms with Gasteiger partial charge in [0.1, 0.15) is 0 Å². The summed E-state index contributed by atoms with van der Waals surface area (Å²) in [4.78, 5) is 0. The molecular formula is C17H16F3N. The highest BCUT2D eigenvalue weighted by atomic mass is 19.4. The summed E-state index contributed by atoms with van der Waals surface area (Å²) < 4.78 is 38.3. The summed E-state index contributed by atoms with van der Waals surface area (Å²) in [6, 6.07) is 11.8. The number of halogens is 3. The molecule has 110 valence electrons. The predicted octanol–water partition coefficient (Wildman–Crippen LogP) is 3.97. The summed E-state index contributed by atoms with van der Waals surface area (Å²) >= 11 is 0. The van der Waals surface area contributed by atoms with Gasteiger partial charge in [0, 0.05) is 5.54 Å². The maximum atomic E-state index is 12.8. The molecule has 0 radical (unpaired) electrons. The van der Waals surface area contributed by atoms with Crippen LogP contribution in [0.1, 0.15) is 27.8 Å². The van der Waals surface area contributed by atoms with Crippen molar-refractivity contribution in [3.05, 3.63) is 70.3 Å². The lowest BCUT2D eigenvalue weighted by Gasteiger charge is -2.27. The molecule has 0 atom stereocenters. The zero-order valence-electron chi connectivity index (χ0n) is 11.7. The summed E-state index contributed by atoms with van der Waals surface area (Å²) in [5.74, 6) is 0. The van der Waals surface area contributed by atoms with Gasteiger partial charge < -0.3 is 5.73 Å². The molecule has 21 heavy (non-hydrogen) atoms. The summed E-state index contributed by atoms with van der Waals surface area (Å²) in [7, 11) is 0. The molecule has 0 fully saturated rings. The van der Waals surface area contributed by atoms with Gasteiger partial charge >= 0.3 is 6.18 Å². The van der Waals surface area contributed by atoms with Crippen molar-refractivity contribution in [3.63, 3.8) is 0 Å². The Morgan fingerprint density at radius 2 is 1.57 bits per heavy atom. The minimum absolute atomic E-state index is 0.597. The first kappa shape index (κ1) is 14.1. The molecule has 1 aliphatic carbocycles. The first-order valence-electron chi connectivity index (χ1n) is 6.84. The Morgan fingerprint density at radius 3 is 2.05 bits per heavy atom.